The first kappa shape index (κ1) is 15.5. The predicted molar refractivity (Wildman–Crippen MR) is 99.2 cm³/mol. The standard InChI is InChI=1S/C22H19NO2/c24-22(20-14-23-21-9-5-4-8-19(20)21)17-10-12-18(13-11-17)25-15-16-6-2-1-3-7-16/h1-13,20,23H,14-15H2. The number of hydrogen-bond donors (Lipinski definition) is 1. The highest BCUT2D eigenvalue weighted by Gasteiger charge is 2.28. The lowest BCUT2D eigenvalue weighted by molar-refractivity contribution is 0.0966. The molecular formula is C22H19NO2. The fourth-order valence-corrected chi connectivity index (χ4v) is 3.18. The van der Waals surface area contributed by atoms with E-state index in [9.17, 15) is 4.79 Å². The maximum atomic E-state index is 12.8. The lowest BCUT2D eigenvalue weighted by Gasteiger charge is -2.10. The summed E-state index contributed by atoms with van der Waals surface area (Å²) in [6.45, 7) is 1.18. The first-order valence-electron chi connectivity index (χ1n) is 8.45. The highest BCUT2D eigenvalue weighted by molar-refractivity contribution is 6.03. The first-order chi connectivity index (χ1) is 12.3. The summed E-state index contributed by atoms with van der Waals surface area (Å²) >= 11 is 0. The Morgan fingerprint density at radius 3 is 2.44 bits per heavy atom. The summed E-state index contributed by atoms with van der Waals surface area (Å²) in [6, 6.07) is 25.5. The fourth-order valence-electron chi connectivity index (χ4n) is 3.18. The van der Waals surface area contributed by atoms with Gasteiger partial charge in [-0.05, 0) is 41.5 Å². The number of hydrogen-bond acceptors (Lipinski definition) is 3. The number of rotatable bonds is 5. The zero-order valence-electron chi connectivity index (χ0n) is 13.8. The summed E-state index contributed by atoms with van der Waals surface area (Å²) in [4.78, 5) is 12.8. The van der Waals surface area contributed by atoms with Crippen molar-refractivity contribution < 1.29 is 9.53 Å². The monoisotopic (exact) mass is 329 g/mol. The highest BCUT2D eigenvalue weighted by Crippen LogP contribution is 2.33. The molecule has 0 radical (unpaired) electrons. The van der Waals surface area contributed by atoms with E-state index in [0.717, 1.165) is 28.1 Å². The van der Waals surface area contributed by atoms with Crippen LogP contribution in [0.15, 0.2) is 78.9 Å². The van der Waals surface area contributed by atoms with Crippen molar-refractivity contribution >= 4 is 11.5 Å². The number of carbonyl (C=O) groups excluding carboxylic acids is 1. The Morgan fingerprint density at radius 2 is 1.64 bits per heavy atom. The minimum Gasteiger partial charge on any atom is -0.489 e. The zero-order chi connectivity index (χ0) is 17.1. The van der Waals surface area contributed by atoms with Crippen LogP contribution in [0.25, 0.3) is 0 Å². The molecule has 3 aromatic rings. The van der Waals surface area contributed by atoms with Gasteiger partial charge in [-0.3, -0.25) is 4.79 Å². The van der Waals surface area contributed by atoms with Gasteiger partial charge in [0, 0.05) is 17.8 Å². The van der Waals surface area contributed by atoms with Crippen LogP contribution in [0.4, 0.5) is 5.69 Å². The summed E-state index contributed by atoms with van der Waals surface area (Å²) in [7, 11) is 0. The maximum absolute atomic E-state index is 12.8. The van der Waals surface area contributed by atoms with Gasteiger partial charge in [-0.15, -0.1) is 0 Å². The van der Waals surface area contributed by atoms with E-state index in [1.165, 1.54) is 0 Å². The normalized spacial score (nSPS) is 15.3. The zero-order valence-corrected chi connectivity index (χ0v) is 13.8. The second-order valence-electron chi connectivity index (χ2n) is 6.18. The molecule has 0 saturated heterocycles. The van der Waals surface area contributed by atoms with Crippen molar-refractivity contribution in [2.75, 3.05) is 11.9 Å². The minimum atomic E-state index is -0.118. The molecule has 1 N–H and O–H groups in total. The number of anilines is 1. The van der Waals surface area contributed by atoms with Crippen molar-refractivity contribution in [1.29, 1.82) is 0 Å². The van der Waals surface area contributed by atoms with Crippen LogP contribution in [0, 0.1) is 0 Å². The molecule has 1 aliphatic rings. The largest absolute Gasteiger partial charge is 0.489 e. The molecule has 1 atom stereocenters. The van der Waals surface area contributed by atoms with Crippen LogP contribution in [-0.4, -0.2) is 12.3 Å². The third-order valence-electron chi connectivity index (χ3n) is 4.54. The number of ketones is 1. The molecule has 3 heteroatoms. The molecule has 0 spiro atoms. The SMILES string of the molecule is O=C(c1ccc(OCc2ccccc2)cc1)C1CNc2ccccc21. The molecule has 3 aromatic carbocycles. The third kappa shape index (κ3) is 3.26. The Morgan fingerprint density at radius 1 is 0.920 bits per heavy atom. The average Bonchev–Trinajstić information content (AvgIpc) is 3.11. The van der Waals surface area contributed by atoms with Crippen molar-refractivity contribution in [3.63, 3.8) is 0 Å². The van der Waals surface area contributed by atoms with Crippen LogP contribution in [0.3, 0.4) is 0 Å². The molecular weight excluding hydrogens is 310 g/mol. The topological polar surface area (TPSA) is 38.3 Å². The Balaban J connectivity index is 1.44. The van der Waals surface area contributed by atoms with Gasteiger partial charge in [0.1, 0.15) is 12.4 Å². The quantitative estimate of drug-likeness (QED) is 0.692. The van der Waals surface area contributed by atoms with E-state index in [-0.39, 0.29) is 11.7 Å². The fraction of sp³-hybridized carbons (Fsp3) is 0.136. The molecule has 0 bridgehead atoms. The van der Waals surface area contributed by atoms with Gasteiger partial charge in [0.25, 0.3) is 0 Å². The Kier molecular flexibility index (Phi) is 4.21. The summed E-state index contributed by atoms with van der Waals surface area (Å²) < 4.78 is 5.78. The van der Waals surface area contributed by atoms with Crippen LogP contribution in [0.1, 0.15) is 27.4 Å². The number of benzene rings is 3. The van der Waals surface area contributed by atoms with Gasteiger partial charge >= 0.3 is 0 Å². The lowest BCUT2D eigenvalue weighted by atomic mass is 9.92. The molecule has 1 unspecified atom stereocenters. The van der Waals surface area contributed by atoms with Gasteiger partial charge in [0.05, 0.1) is 5.92 Å². The summed E-state index contributed by atoms with van der Waals surface area (Å²) in [5.41, 5.74) is 3.98. The third-order valence-corrected chi connectivity index (χ3v) is 4.54. The molecule has 0 aliphatic carbocycles. The minimum absolute atomic E-state index is 0.118. The molecule has 0 amide bonds. The Hall–Kier alpha value is -3.07. The van der Waals surface area contributed by atoms with Crippen LogP contribution < -0.4 is 10.1 Å². The van der Waals surface area contributed by atoms with Crippen LogP contribution >= 0.6 is 0 Å². The second-order valence-corrected chi connectivity index (χ2v) is 6.18. The Bertz CT molecular complexity index is 872. The van der Waals surface area contributed by atoms with E-state index in [1.54, 1.807) is 0 Å². The van der Waals surface area contributed by atoms with Gasteiger partial charge in [0.2, 0.25) is 0 Å². The van der Waals surface area contributed by atoms with Crippen molar-refractivity contribution in [2.45, 2.75) is 12.5 Å². The van der Waals surface area contributed by atoms with E-state index in [4.69, 9.17) is 4.74 Å². The summed E-state index contributed by atoms with van der Waals surface area (Å²) in [6.07, 6.45) is 0. The van der Waals surface area contributed by atoms with E-state index in [1.807, 2.05) is 78.9 Å². The van der Waals surface area contributed by atoms with E-state index < -0.39 is 0 Å². The number of fused-ring (bicyclic) bond motifs is 1. The molecule has 0 aromatic heterocycles. The van der Waals surface area contributed by atoms with E-state index in [2.05, 4.69) is 5.32 Å². The molecule has 3 nitrogen and oxygen atoms in total. The molecule has 0 fully saturated rings. The smallest absolute Gasteiger partial charge is 0.172 e. The number of ether oxygens (including phenoxy) is 1. The summed E-state index contributed by atoms with van der Waals surface area (Å²) in [5.74, 6) is 0.796. The van der Waals surface area contributed by atoms with Gasteiger partial charge < -0.3 is 10.1 Å². The highest BCUT2D eigenvalue weighted by atomic mass is 16.5. The lowest BCUT2D eigenvalue weighted by Crippen LogP contribution is -2.14. The average molecular weight is 329 g/mol. The molecule has 0 saturated carbocycles. The predicted octanol–water partition coefficient (Wildman–Crippen LogP) is 4.66. The number of carbonyl (C=O) groups is 1. The molecule has 4 rings (SSSR count). The van der Waals surface area contributed by atoms with Crippen LogP contribution in [-0.2, 0) is 6.61 Å². The molecule has 124 valence electrons. The van der Waals surface area contributed by atoms with Gasteiger partial charge in [-0.25, -0.2) is 0 Å². The number of nitrogens with one attached hydrogen (secondary N) is 1. The summed E-state index contributed by atoms with van der Waals surface area (Å²) in [5, 5.41) is 3.31. The van der Waals surface area contributed by atoms with Gasteiger partial charge in [-0.1, -0.05) is 48.5 Å². The molecule has 25 heavy (non-hydrogen) atoms. The van der Waals surface area contributed by atoms with Gasteiger partial charge in [-0.2, -0.15) is 0 Å². The molecule has 1 heterocycles. The second kappa shape index (κ2) is 6.81. The molecule has 1 aliphatic heterocycles. The van der Waals surface area contributed by atoms with Crippen molar-refractivity contribution in [1.82, 2.24) is 0 Å². The van der Waals surface area contributed by atoms with Crippen molar-refractivity contribution in [3.05, 3.63) is 95.6 Å². The Labute approximate surface area is 147 Å². The van der Waals surface area contributed by atoms with Gasteiger partial charge in [0.15, 0.2) is 5.78 Å². The first-order valence-corrected chi connectivity index (χ1v) is 8.45. The van der Waals surface area contributed by atoms with Crippen LogP contribution in [0.5, 0.6) is 5.75 Å². The van der Waals surface area contributed by atoms with Crippen molar-refractivity contribution in [3.8, 4) is 5.75 Å². The maximum Gasteiger partial charge on any atom is 0.172 e. The van der Waals surface area contributed by atoms with Crippen molar-refractivity contribution in [2.24, 2.45) is 0 Å². The number of para-hydroxylation sites is 1. The van der Waals surface area contributed by atoms with E-state index in [0.29, 0.717) is 13.2 Å². The number of Topliss-reactive ketones (excluding diaryl/α,β-unsaturated/α-hetero) is 1. The van der Waals surface area contributed by atoms with E-state index >= 15 is 0 Å². The van der Waals surface area contributed by atoms with Crippen LogP contribution in [0.2, 0.25) is 0 Å².